The predicted molar refractivity (Wildman–Crippen MR) is 40.3 cm³/mol. The molecular weight excluding hydrogens is 164 g/mol. The van der Waals surface area contributed by atoms with Crippen molar-refractivity contribution < 1.29 is 13.5 Å². The van der Waals surface area contributed by atoms with Gasteiger partial charge in [-0.1, -0.05) is 0 Å². The SMILES string of the molecule is CN1C2COCC1CC(F)(F)C2. The highest BCUT2D eigenvalue weighted by molar-refractivity contribution is 4.93. The first-order valence-corrected chi connectivity index (χ1v) is 4.26. The van der Waals surface area contributed by atoms with Crippen molar-refractivity contribution in [1.82, 2.24) is 4.90 Å². The van der Waals surface area contributed by atoms with Crippen LogP contribution in [0.1, 0.15) is 12.8 Å². The van der Waals surface area contributed by atoms with Crippen LogP contribution in [-0.2, 0) is 4.74 Å². The second kappa shape index (κ2) is 2.64. The highest BCUT2D eigenvalue weighted by atomic mass is 19.3. The lowest BCUT2D eigenvalue weighted by Crippen LogP contribution is -2.57. The molecule has 2 aliphatic rings. The molecule has 0 aromatic carbocycles. The number of alkyl halides is 2. The first-order chi connectivity index (χ1) is 5.58. The maximum atomic E-state index is 13.0. The van der Waals surface area contributed by atoms with E-state index in [0.29, 0.717) is 13.2 Å². The van der Waals surface area contributed by atoms with E-state index in [9.17, 15) is 8.78 Å². The second-order valence-electron chi connectivity index (χ2n) is 3.77. The number of hydrogen-bond acceptors (Lipinski definition) is 2. The van der Waals surface area contributed by atoms with Crippen molar-refractivity contribution in [3.8, 4) is 0 Å². The Morgan fingerprint density at radius 2 is 1.75 bits per heavy atom. The minimum Gasteiger partial charge on any atom is -0.378 e. The standard InChI is InChI=1S/C8H13F2NO/c1-11-6-2-8(9,10)3-7(11)5-12-4-6/h6-7H,2-5H2,1H3. The molecule has 4 heteroatoms. The molecule has 2 atom stereocenters. The van der Waals surface area contributed by atoms with Gasteiger partial charge in [-0.05, 0) is 7.05 Å². The fourth-order valence-corrected chi connectivity index (χ4v) is 2.05. The number of ether oxygens (including phenoxy) is 1. The number of piperidine rings is 1. The summed E-state index contributed by atoms with van der Waals surface area (Å²) in [6, 6.07) is -0.153. The lowest BCUT2D eigenvalue weighted by atomic mass is 9.92. The van der Waals surface area contributed by atoms with Gasteiger partial charge in [0.1, 0.15) is 0 Å². The van der Waals surface area contributed by atoms with Gasteiger partial charge in [-0.2, -0.15) is 0 Å². The van der Waals surface area contributed by atoms with Gasteiger partial charge >= 0.3 is 0 Å². The number of nitrogens with zero attached hydrogens (tertiary/aromatic N) is 1. The average Bonchev–Trinajstić information content (AvgIpc) is 1.92. The van der Waals surface area contributed by atoms with Crippen LogP contribution >= 0.6 is 0 Å². The van der Waals surface area contributed by atoms with Crippen LogP contribution in [0.25, 0.3) is 0 Å². The number of hydrogen-bond donors (Lipinski definition) is 0. The molecule has 0 N–H and O–H groups in total. The maximum Gasteiger partial charge on any atom is 0.251 e. The molecule has 0 aliphatic carbocycles. The molecule has 12 heavy (non-hydrogen) atoms. The Hall–Kier alpha value is -0.220. The number of halogens is 2. The Labute approximate surface area is 70.5 Å². The van der Waals surface area contributed by atoms with Gasteiger partial charge in [-0.3, -0.25) is 4.90 Å². The van der Waals surface area contributed by atoms with Crippen molar-refractivity contribution in [2.45, 2.75) is 30.8 Å². The van der Waals surface area contributed by atoms with Crippen molar-refractivity contribution in [3.63, 3.8) is 0 Å². The minimum atomic E-state index is -2.47. The maximum absolute atomic E-state index is 13.0. The van der Waals surface area contributed by atoms with E-state index in [1.165, 1.54) is 0 Å². The zero-order chi connectivity index (χ0) is 8.77. The summed E-state index contributed by atoms with van der Waals surface area (Å²) in [5.41, 5.74) is 0. The summed E-state index contributed by atoms with van der Waals surface area (Å²) in [6.45, 7) is 0.922. The quantitative estimate of drug-likeness (QED) is 0.549. The predicted octanol–water partition coefficient (Wildman–Crippen LogP) is 1.11. The molecule has 2 unspecified atom stereocenters. The van der Waals surface area contributed by atoms with Crippen molar-refractivity contribution in [1.29, 1.82) is 0 Å². The van der Waals surface area contributed by atoms with E-state index in [1.807, 2.05) is 11.9 Å². The summed E-state index contributed by atoms with van der Waals surface area (Å²) in [5.74, 6) is -2.47. The fraction of sp³-hybridized carbons (Fsp3) is 1.00. The summed E-state index contributed by atoms with van der Waals surface area (Å²) in [6.07, 6.45) is -0.0833. The molecule has 0 saturated carbocycles. The van der Waals surface area contributed by atoms with Crippen LogP contribution in [-0.4, -0.2) is 43.2 Å². The summed E-state index contributed by atoms with van der Waals surface area (Å²) < 4.78 is 31.3. The lowest BCUT2D eigenvalue weighted by molar-refractivity contribution is -0.152. The molecule has 70 valence electrons. The van der Waals surface area contributed by atoms with Crippen LogP contribution in [0.4, 0.5) is 8.78 Å². The molecular formula is C8H13F2NO. The van der Waals surface area contributed by atoms with Crippen molar-refractivity contribution in [2.75, 3.05) is 20.3 Å². The largest absolute Gasteiger partial charge is 0.378 e. The third-order valence-corrected chi connectivity index (χ3v) is 2.84. The fourth-order valence-electron chi connectivity index (χ4n) is 2.05. The molecule has 0 amide bonds. The molecule has 2 rings (SSSR count). The molecule has 2 saturated heterocycles. The molecule has 2 aliphatic heterocycles. The van der Waals surface area contributed by atoms with Crippen LogP contribution in [0.3, 0.4) is 0 Å². The molecule has 0 spiro atoms. The summed E-state index contributed by atoms with van der Waals surface area (Å²) in [5, 5.41) is 0. The molecule has 0 radical (unpaired) electrons. The van der Waals surface area contributed by atoms with Gasteiger partial charge < -0.3 is 4.74 Å². The first-order valence-electron chi connectivity index (χ1n) is 4.26. The third kappa shape index (κ3) is 1.33. The van der Waals surface area contributed by atoms with E-state index >= 15 is 0 Å². The zero-order valence-electron chi connectivity index (χ0n) is 7.09. The Morgan fingerprint density at radius 3 is 2.25 bits per heavy atom. The van der Waals surface area contributed by atoms with Crippen molar-refractivity contribution in [2.24, 2.45) is 0 Å². The molecule has 2 fully saturated rings. The summed E-state index contributed by atoms with van der Waals surface area (Å²) in [4.78, 5) is 2.03. The number of rotatable bonds is 0. The van der Waals surface area contributed by atoms with E-state index in [0.717, 1.165) is 0 Å². The van der Waals surface area contributed by atoms with E-state index in [-0.39, 0.29) is 24.9 Å². The van der Waals surface area contributed by atoms with E-state index in [1.54, 1.807) is 0 Å². The van der Waals surface area contributed by atoms with Crippen LogP contribution in [0.5, 0.6) is 0 Å². The highest BCUT2D eigenvalue weighted by Crippen LogP contribution is 2.36. The monoisotopic (exact) mass is 177 g/mol. The van der Waals surface area contributed by atoms with Crippen LogP contribution < -0.4 is 0 Å². The van der Waals surface area contributed by atoms with Crippen LogP contribution in [0, 0.1) is 0 Å². The third-order valence-electron chi connectivity index (χ3n) is 2.84. The highest BCUT2D eigenvalue weighted by Gasteiger charge is 2.46. The molecule has 2 bridgehead atoms. The van der Waals surface area contributed by atoms with Gasteiger partial charge in [0.2, 0.25) is 0 Å². The van der Waals surface area contributed by atoms with Crippen molar-refractivity contribution in [3.05, 3.63) is 0 Å². The van der Waals surface area contributed by atoms with Gasteiger partial charge in [-0.25, -0.2) is 8.78 Å². The summed E-state index contributed by atoms with van der Waals surface area (Å²) >= 11 is 0. The molecule has 0 aromatic rings. The molecule has 2 heterocycles. The number of fused-ring (bicyclic) bond motifs is 2. The zero-order valence-corrected chi connectivity index (χ0v) is 7.09. The van der Waals surface area contributed by atoms with Gasteiger partial charge in [0.05, 0.1) is 13.2 Å². The summed E-state index contributed by atoms with van der Waals surface area (Å²) in [7, 11) is 1.91. The van der Waals surface area contributed by atoms with Gasteiger partial charge in [0.25, 0.3) is 5.92 Å². The Kier molecular flexibility index (Phi) is 1.84. The van der Waals surface area contributed by atoms with Gasteiger partial charge in [-0.15, -0.1) is 0 Å². The second-order valence-corrected chi connectivity index (χ2v) is 3.77. The van der Waals surface area contributed by atoms with Gasteiger partial charge in [0.15, 0.2) is 0 Å². The smallest absolute Gasteiger partial charge is 0.251 e. The Balaban J connectivity index is 2.12. The first kappa shape index (κ1) is 8.38. The van der Waals surface area contributed by atoms with E-state index in [4.69, 9.17) is 4.74 Å². The van der Waals surface area contributed by atoms with Gasteiger partial charge in [0, 0.05) is 24.9 Å². The van der Waals surface area contributed by atoms with Crippen LogP contribution in [0.15, 0.2) is 0 Å². The Morgan fingerprint density at radius 1 is 1.25 bits per heavy atom. The Bertz CT molecular complexity index is 170. The molecule has 0 aromatic heterocycles. The van der Waals surface area contributed by atoms with E-state index < -0.39 is 5.92 Å². The van der Waals surface area contributed by atoms with Crippen LogP contribution in [0.2, 0.25) is 0 Å². The number of likely N-dealkylation sites (N-methyl/N-ethyl adjacent to an activating group) is 1. The average molecular weight is 177 g/mol. The number of morpholine rings is 1. The molecule has 2 nitrogen and oxygen atoms in total. The minimum absolute atomic E-state index is 0.0417. The lowest BCUT2D eigenvalue weighted by Gasteiger charge is -2.46. The topological polar surface area (TPSA) is 12.5 Å². The van der Waals surface area contributed by atoms with Crippen molar-refractivity contribution >= 4 is 0 Å². The normalized spacial score (nSPS) is 41.2. The van der Waals surface area contributed by atoms with E-state index in [2.05, 4.69) is 0 Å².